The molecule has 0 saturated heterocycles. The largest absolute Gasteiger partial charge is 0.443 e. The van der Waals surface area contributed by atoms with Crippen LogP contribution in [0.2, 0.25) is 0 Å². The van der Waals surface area contributed by atoms with E-state index >= 15 is 0 Å². The number of aromatic nitrogens is 5. The van der Waals surface area contributed by atoms with Gasteiger partial charge in [0, 0.05) is 23.7 Å². The molecule has 0 bridgehead atoms. The predicted molar refractivity (Wildman–Crippen MR) is 85.0 cm³/mol. The minimum absolute atomic E-state index is 0.0720. The van der Waals surface area contributed by atoms with Crippen LogP contribution in [0.5, 0.6) is 0 Å². The standard InChI is InChI=1S/C16H12N6O2/c1-9-6-19-12-3-2-10(8-22(9)12)13-14(16-18-4-5-24-16)20-7-11(21-13)15(17)23/h2-8H,1H3,(H2,17,23). The minimum Gasteiger partial charge on any atom is -0.443 e. The lowest BCUT2D eigenvalue weighted by Gasteiger charge is -2.08. The zero-order chi connectivity index (χ0) is 16.7. The average molecular weight is 320 g/mol. The molecule has 24 heavy (non-hydrogen) atoms. The Morgan fingerprint density at radius 3 is 2.79 bits per heavy atom. The van der Waals surface area contributed by atoms with Crippen molar-refractivity contribution in [3.63, 3.8) is 0 Å². The van der Waals surface area contributed by atoms with Crippen molar-refractivity contribution in [2.24, 2.45) is 5.73 Å². The summed E-state index contributed by atoms with van der Waals surface area (Å²) in [5.74, 6) is -0.335. The van der Waals surface area contributed by atoms with Gasteiger partial charge in [-0.2, -0.15) is 0 Å². The fourth-order valence-electron chi connectivity index (χ4n) is 2.45. The summed E-state index contributed by atoms with van der Waals surface area (Å²) < 4.78 is 7.25. The van der Waals surface area contributed by atoms with Crippen molar-refractivity contribution in [2.75, 3.05) is 0 Å². The number of pyridine rings is 1. The summed E-state index contributed by atoms with van der Waals surface area (Å²) in [6.45, 7) is 1.95. The zero-order valence-electron chi connectivity index (χ0n) is 12.7. The van der Waals surface area contributed by atoms with Crippen LogP contribution in [0.15, 0.2) is 47.6 Å². The lowest BCUT2D eigenvalue weighted by molar-refractivity contribution is 0.0995. The van der Waals surface area contributed by atoms with E-state index in [2.05, 4.69) is 19.9 Å². The highest BCUT2D eigenvalue weighted by Crippen LogP contribution is 2.28. The van der Waals surface area contributed by atoms with E-state index in [4.69, 9.17) is 10.2 Å². The number of carbonyl (C=O) groups excluding carboxylic acids is 1. The third-order valence-electron chi connectivity index (χ3n) is 3.62. The Morgan fingerprint density at radius 2 is 2.04 bits per heavy atom. The van der Waals surface area contributed by atoms with E-state index in [1.807, 2.05) is 29.7 Å². The third kappa shape index (κ3) is 2.21. The van der Waals surface area contributed by atoms with Crippen LogP contribution in [-0.4, -0.2) is 30.2 Å². The summed E-state index contributed by atoms with van der Waals surface area (Å²) in [7, 11) is 0. The molecular weight excluding hydrogens is 308 g/mol. The van der Waals surface area contributed by atoms with Crippen LogP contribution in [0, 0.1) is 6.92 Å². The van der Waals surface area contributed by atoms with Crippen molar-refractivity contribution in [3.05, 3.63) is 54.6 Å². The molecule has 0 atom stereocenters. The van der Waals surface area contributed by atoms with Gasteiger partial charge < -0.3 is 14.6 Å². The number of rotatable bonds is 3. The Kier molecular flexibility index (Phi) is 3.09. The van der Waals surface area contributed by atoms with Crippen molar-refractivity contribution in [3.8, 4) is 22.8 Å². The highest BCUT2D eigenvalue weighted by Gasteiger charge is 2.18. The van der Waals surface area contributed by atoms with Gasteiger partial charge in [-0.3, -0.25) is 4.79 Å². The molecule has 2 N–H and O–H groups in total. The molecule has 0 spiro atoms. The smallest absolute Gasteiger partial charge is 0.268 e. The first-order valence-corrected chi connectivity index (χ1v) is 7.14. The summed E-state index contributed by atoms with van der Waals surface area (Å²) in [5, 5.41) is 0. The molecule has 1 amide bonds. The molecule has 0 unspecified atom stereocenters. The van der Waals surface area contributed by atoms with Crippen molar-refractivity contribution in [1.29, 1.82) is 0 Å². The van der Waals surface area contributed by atoms with Crippen molar-refractivity contribution in [1.82, 2.24) is 24.3 Å². The summed E-state index contributed by atoms with van der Waals surface area (Å²) >= 11 is 0. The van der Waals surface area contributed by atoms with E-state index in [1.54, 1.807) is 6.20 Å². The summed E-state index contributed by atoms with van der Waals surface area (Å²) in [4.78, 5) is 28.5. The van der Waals surface area contributed by atoms with Crippen LogP contribution >= 0.6 is 0 Å². The molecule has 8 nitrogen and oxygen atoms in total. The van der Waals surface area contributed by atoms with Gasteiger partial charge in [-0.25, -0.2) is 19.9 Å². The fraction of sp³-hybridized carbons (Fsp3) is 0.0625. The van der Waals surface area contributed by atoms with E-state index in [9.17, 15) is 4.79 Å². The van der Waals surface area contributed by atoms with Crippen LogP contribution in [0.1, 0.15) is 16.2 Å². The highest BCUT2D eigenvalue weighted by molar-refractivity contribution is 5.91. The maximum atomic E-state index is 11.5. The fourth-order valence-corrected chi connectivity index (χ4v) is 2.45. The highest BCUT2D eigenvalue weighted by atomic mass is 16.3. The molecule has 4 aromatic heterocycles. The number of hydrogen-bond acceptors (Lipinski definition) is 6. The maximum absolute atomic E-state index is 11.5. The minimum atomic E-state index is -0.650. The molecule has 118 valence electrons. The lowest BCUT2D eigenvalue weighted by atomic mass is 10.1. The monoisotopic (exact) mass is 320 g/mol. The third-order valence-corrected chi connectivity index (χ3v) is 3.62. The molecule has 0 radical (unpaired) electrons. The van der Waals surface area contributed by atoms with Crippen molar-refractivity contribution < 1.29 is 9.21 Å². The van der Waals surface area contributed by atoms with Gasteiger partial charge in [-0.15, -0.1) is 0 Å². The Hall–Kier alpha value is -3.55. The molecule has 0 saturated carbocycles. The first-order chi connectivity index (χ1) is 11.6. The van der Waals surface area contributed by atoms with Crippen LogP contribution in [0.4, 0.5) is 0 Å². The van der Waals surface area contributed by atoms with Gasteiger partial charge in [0.15, 0.2) is 5.69 Å². The number of oxazole rings is 1. The van der Waals surface area contributed by atoms with Gasteiger partial charge in [0.05, 0.1) is 12.4 Å². The molecule has 0 aliphatic rings. The number of fused-ring (bicyclic) bond motifs is 1. The topological polar surface area (TPSA) is 112 Å². The predicted octanol–water partition coefficient (Wildman–Crippen LogP) is 1.85. The number of imidazole rings is 1. The SMILES string of the molecule is Cc1cnc2ccc(-c3nc(C(N)=O)cnc3-c3ncco3)cn12. The molecule has 0 aromatic carbocycles. The van der Waals surface area contributed by atoms with Gasteiger partial charge in [-0.05, 0) is 19.1 Å². The van der Waals surface area contributed by atoms with E-state index < -0.39 is 5.91 Å². The Balaban J connectivity index is 1.98. The quantitative estimate of drug-likeness (QED) is 0.616. The number of amides is 1. The lowest BCUT2D eigenvalue weighted by Crippen LogP contribution is -2.14. The van der Waals surface area contributed by atoms with Crippen LogP contribution in [0.25, 0.3) is 28.5 Å². The molecule has 4 aromatic rings. The van der Waals surface area contributed by atoms with E-state index in [1.165, 1.54) is 18.7 Å². The Bertz CT molecular complexity index is 1050. The van der Waals surface area contributed by atoms with Gasteiger partial charge in [0.25, 0.3) is 5.91 Å². The first-order valence-electron chi connectivity index (χ1n) is 7.14. The number of primary amides is 1. The molecule has 0 fully saturated rings. The van der Waals surface area contributed by atoms with Gasteiger partial charge in [-0.1, -0.05) is 0 Å². The number of carbonyl (C=O) groups is 1. The molecule has 4 rings (SSSR count). The molecule has 4 heterocycles. The van der Waals surface area contributed by atoms with E-state index in [0.29, 0.717) is 17.3 Å². The summed E-state index contributed by atoms with van der Waals surface area (Å²) in [5.41, 5.74) is 8.83. The van der Waals surface area contributed by atoms with Crippen LogP contribution in [0.3, 0.4) is 0 Å². The van der Waals surface area contributed by atoms with Gasteiger partial charge in [0.2, 0.25) is 5.89 Å². The number of aryl methyl sites for hydroxylation is 1. The molecular formula is C16H12N6O2. The number of nitrogens with zero attached hydrogens (tertiary/aromatic N) is 5. The second-order valence-corrected chi connectivity index (χ2v) is 5.20. The van der Waals surface area contributed by atoms with Crippen LogP contribution < -0.4 is 5.73 Å². The van der Waals surface area contributed by atoms with Crippen LogP contribution in [-0.2, 0) is 0 Å². The zero-order valence-corrected chi connectivity index (χ0v) is 12.7. The second kappa shape index (κ2) is 5.27. The van der Waals surface area contributed by atoms with Gasteiger partial charge in [0.1, 0.15) is 23.3 Å². The average Bonchev–Trinajstić information content (AvgIpc) is 3.24. The maximum Gasteiger partial charge on any atom is 0.268 e. The molecule has 0 aliphatic heterocycles. The summed E-state index contributed by atoms with van der Waals surface area (Å²) in [6.07, 6.45) is 7.93. The first kappa shape index (κ1) is 14.1. The van der Waals surface area contributed by atoms with Gasteiger partial charge >= 0.3 is 0 Å². The van der Waals surface area contributed by atoms with E-state index in [-0.39, 0.29) is 5.69 Å². The summed E-state index contributed by atoms with van der Waals surface area (Å²) in [6, 6.07) is 3.71. The number of hydrogen-bond donors (Lipinski definition) is 1. The Labute approximate surface area is 136 Å². The van der Waals surface area contributed by atoms with E-state index in [0.717, 1.165) is 16.9 Å². The van der Waals surface area contributed by atoms with Crippen molar-refractivity contribution in [2.45, 2.75) is 6.92 Å². The Morgan fingerprint density at radius 1 is 1.17 bits per heavy atom. The normalized spacial score (nSPS) is 11.0. The molecule has 8 heteroatoms. The number of nitrogens with two attached hydrogens (primary N) is 1. The second-order valence-electron chi connectivity index (χ2n) is 5.20. The van der Waals surface area contributed by atoms with Crippen molar-refractivity contribution >= 4 is 11.6 Å². The molecule has 0 aliphatic carbocycles.